The molecule has 0 aromatic carbocycles. The quantitative estimate of drug-likeness (QED) is 0.601. The van der Waals surface area contributed by atoms with E-state index >= 15 is 0 Å². The third-order valence-electron chi connectivity index (χ3n) is 1.77. The highest BCUT2D eigenvalue weighted by Crippen LogP contribution is 1.98. The molecule has 4 N–H and O–H groups in total. The van der Waals surface area contributed by atoms with Crippen molar-refractivity contribution in [3.63, 3.8) is 0 Å². The van der Waals surface area contributed by atoms with Crippen molar-refractivity contribution in [2.75, 3.05) is 5.32 Å². The molecule has 6 nitrogen and oxygen atoms in total. The lowest BCUT2D eigenvalue weighted by Gasteiger charge is -2.12. The number of hydrogen-bond donors (Lipinski definition) is 3. The first-order chi connectivity index (χ1) is 6.65. The van der Waals surface area contributed by atoms with Crippen LogP contribution in [0.2, 0.25) is 0 Å². The molecule has 1 heterocycles. The first kappa shape index (κ1) is 10.2. The second-order valence-corrected chi connectivity index (χ2v) is 2.77. The normalized spacial score (nSPS) is 12.1. The zero-order chi connectivity index (χ0) is 10.6. The Labute approximate surface area is 80.5 Å². The van der Waals surface area contributed by atoms with Crippen LogP contribution in [-0.2, 0) is 4.79 Å². The van der Waals surface area contributed by atoms with E-state index in [2.05, 4.69) is 15.3 Å². The second-order valence-electron chi connectivity index (χ2n) is 2.77. The molecule has 0 aliphatic carbocycles. The molecule has 1 unspecified atom stereocenters. The fourth-order valence-corrected chi connectivity index (χ4v) is 0.994. The number of anilines is 1. The van der Waals surface area contributed by atoms with Crippen LogP contribution in [-0.4, -0.2) is 21.9 Å². The van der Waals surface area contributed by atoms with Gasteiger partial charge in [-0.2, -0.15) is 0 Å². The molecular weight excluding hydrogens is 184 g/mol. The lowest BCUT2D eigenvalue weighted by atomic mass is 10.2. The molecule has 0 radical (unpaired) electrons. The molecule has 1 rings (SSSR count). The minimum absolute atomic E-state index is 0.109. The van der Waals surface area contributed by atoms with Gasteiger partial charge < -0.3 is 16.0 Å². The van der Waals surface area contributed by atoms with Gasteiger partial charge in [-0.05, 0) is 6.42 Å². The van der Waals surface area contributed by atoms with Gasteiger partial charge in [0.2, 0.25) is 5.91 Å². The third kappa shape index (κ3) is 2.32. The van der Waals surface area contributed by atoms with E-state index in [9.17, 15) is 9.59 Å². The van der Waals surface area contributed by atoms with Crippen molar-refractivity contribution in [3.05, 3.63) is 22.7 Å². The van der Waals surface area contributed by atoms with Crippen LogP contribution in [0.15, 0.2) is 17.2 Å². The lowest BCUT2D eigenvalue weighted by molar-refractivity contribution is -0.118. The summed E-state index contributed by atoms with van der Waals surface area (Å²) in [4.78, 5) is 28.2. The Kier molecular flexibility index (Phi) is 3.22. The first-order valence-corrected chi connectivity index (χ1v) is 4.24. The number of amides is 1. The van der Waals surface area contributed by atoms with E-state index in [4.69, 9.17) is 5.73 Å². The van der Waals surface area contributed by atoms with Crippen LogP contribution in [0.3, 0.4) is 0 Å². The smallest absolute Gasteiger partial charge is 0.290 e. The minimum Gasteiger partial charge on any atom is -0.368 e. The molecule has 6 heteroatoms. The fourth-order valence-electron chi connectivity index (χ4n) is 0.994. The highest BCUT2D eigenvalue weighted by atomic mass is 16.1. The van der Waals surface area contributed by atoms with Crippen molar-refractivity contribution in [1.82, 2.24) is 9.97 Å². The minimum atomic E-state index is -0.564. The van der Waals surface area contributed by atoms with Crippen LogP contribution in [0.25, 0.3) is 0 Å². The molecule has 1 atom stereocenters. The molecule has 1 amide bonds. The number of aromatic amines is 1. The predicted molar refractivity (Wildman–Crippen MR) is 51.8 cm³/mol. The number of rotatable bonds is 4. The molecule has 1 aromatic rings. The van der Waals surface area contributed by atoms with Crippen molar-refractivity contribution in [3.8, 4) is 0 Å². The van der Waals surface area contributed by atoms with Gasteiger partial charge in [-0.25, -0.2) is 4.98 Å². The van der Waals surface area contributed by atoms with Crippen LogP contribution in [0, 0.1) is 0 Å². The topological polar surface area (TPSA) is 101 Å². The van der Waals surface area contributed by atoms with Gasteiger partial charge in [-0.1, -0.05) is 6.92 Å². The maximum absolute atomic E-state index is 11.2. The Morgan fingerprint density at radius 1 is 1.79 bits per heavy atom. The lowest BCUT2D eigenvalue weighted by Crippen LogP contribution is -2.36. The number of nitrogens with zero attached hydrogens (tertiary/aromatic N) is 1. The van der Waals surface area contributed by atoms with Crippen LogP contribution in [0.5, 0.6) is 0 Å². The first-order valence-electron chi connectivity index (χ1n) is 4.24. The highest BCUT2D eigenvalue weighted by Gasteiger charge is 2.13. The summed E-state index contributed by atoms with van der Waals surface area (Å²) in [5.74, 6) is -0.393. The van der Waals surface area contributed by atoms with Crippen molar-refractivity contribution in [2.24, 2.45) is 5.73 Å². The number of H-pyrrole nitrogens is 1. The van der Waals surface area contributed by atoms with Crippen LogP contribution >= 0.6 is 0 Å². The fraction of sp³-hybridized carbons (Fsp3) is 0.375. The molecule has 76 valence electrons. The van der Waals surface area contributed by atoms with E-state index in [1.807, 2.05) is 0 Å². The number of hydrogen-bond acceptors (Lipinski definition) is 4. The number of carbonyl (C=O) groups excluding carboxylic acids is 1. The van der Waals surface area contributed by atoms with Crippen LogP contribution in [0.1, 0.15) is 13.3 Å². The maximum atomic E-state index is 11.2. The van der Waals surface area contributed by atoms with Crippen LogP contribution in [0.4, 0.5) is 5.82 Å². The number of primary amides is 1. The molecular formula is C8H12N4O2. The molecule has 0 fully saturated rings. The molecule has 0 aliphatic heterocycles. The van der Waals surface area contributed by atoms with E-state index in [1.165, 1.54) is 12.4 Å². The van der Waals surface area contributed by atoms with E-state index in [-0.39, 0.29) is 11.4 Å². The number of nitrogens with two attached hydrogens (primary N) is 1. The Bertz CT molecular complexity index is 374. The molecule has 0 bridgehead atoms. The van der Waals surface area contributed by atoms with Crippen molar-refractivity contribution >= 4 is 11.7 Å². The summed E-state index contributed by atoms with van der Waals surface area (Å²) in [6.45, 7) is 1.79. The van der Waals surface area contributed by atoms with Crippen LogP contribution < -0.4 is 16.6 Å². The van der Waals surface area contributed by atoms with E-state index in [1.54, 1.807) is 6.92 Å². The third-order valence-corrected chi connectivity index (χ3v) is 1.77. The molecule has 1 aromatic heterocycles. The van der Waals surface area contributed by atoms with Crippen molar-refractivity contribution in [2.45, 2.75) is 19.4 Å². The van der Waals surface area contributed by atoms with Gasteiger partial charge in [0.15, 0.2) is 5.82 Å². The largest absolute Gasteiger partial charge is 0.368 e. The summed E-state index contributed by atoms with van der Waals surface area (Å²) in [6, 6.07) is -0.564. The van der Waals surface area contributed by atoms with Gasteiger partial charge >= 0.3 is 0 Å². The highest BCUT2D eigenvalue weighted by molar-refractivity contribution is 5.82. The molecule has 0 spiro atoms. The zero-order valence-corrected chi connectivity index (χ0v) is 7.78. The van der Waals surface area contributed by atoms with E-state index < -0.39 is 11.9 Å². The summed E-state index contributed by atoms with van der Waals surface area (Å²) in [7, 11) is 0. The Balaban J connectivity index is 2.82. The standard InChI is InChI=1S/C8H12N4O2/c1-2-5(6(9)13)12-7-8(14)11-4-3-10-7/h3-5H,2H2,1H3,(H2,9,13)(H,10,12)(H,11,14). The van der Waals surface area contributed by atoms with E-state index in [0.29, 0.717) is 6.42 Å². The monoisotopic (exact) mass is 196 g/mol. The molecule has 14 heavy (non-hydrogen) atoms. The number of nitrogens with one attached hydrogen (secondary N) is 2. The summed E-state index contributed by atoms with van der Waals surface area (Å²) in [6.07, 6.45) is 3.35. The van der Waals surface area contributed by atoms with Gasteiger partial charge in [-0.15, -0.1) is 0 Å². The summed E-state index contributed by atoms with van der Waals surface area (Å²) in [5.41, 5.74) is 4.74. The van der Waals surface area contributed by atoms with Crippen molar-refractivity contribution < 1.29 is 4.79 Å². The van der Waals surface area contributed by atoms with Gasteiger partial charge in [0, 0.05) is 12.4 Å². The second kappa shape index (κ2) is 4.40. The van der Waals surface area contributed by atoms with Gasteiger partial charge in [0.05, 0.1) is 0 Å². The SMILES string of the molecule is CCC(Nc1ncc[nH]c1=O)C(N)=O. The molecule has 0 saturated heterocycles. The number of aromatic nitrogens is 2. The van der Waals surface area contributed by atoms with Crippen molar-refractivity contribution in [1.29, 1.82) is 0 Å². The summed E-state index contributed by atoms with van der Waals surface area (Å²) >= 11 is 0. The summed E-state index contributed by atoms with van der Waals surface area (Å²) in [5, 5.41) is 2.67. The Morgan fingerprint density at radius 2 is 2.50 bits per heavy atom. The molecule has 0 saturated carbocycles. The predicted octanol–water partition coefficient (Wildman–Crippen LogP) is -0.554. The Hall–Kier alpha value is -1.85. The van der Waals surface area contributed by atoms with E-state index in [0.717, 1.165) is 0 Å². The van der Waals surface area contributed by atoms with Gasteiger partial charge in [-0.3, -0.25) is 9.59 Å². The Morgan fingerprint density at radius 3 is 3.00 bits per heavy atom. The number of carbonyl (C=O) groups is 1. The molecule has 0 aliphatic rings. The average molecular weight is 196 g/mol. The average Bonchev–Trinajstić information content (AvgIpc) is 2.16. The van der Waals surface area contributed by atoms with Gasteiger partial charge in [0.25, 0.3) is 5.56 Å². The zero-order valence-electron chi connectivity index (χ0n) is 7.78. The maximum Gasteiger partial charge on any atom is 0.290 e. The van der Waals surface area contributed by atoms with Gasteiger partial charge in [0.1, 0.15) is 6.04 Å². The summed E-state index contributed by atoms with van der Waals surface area (Å²) < 4.78 is 0.